The first-order valence-electron chi connectivity index (χ1n) is 7.39. The Balaban J connectivity index is 3.12. The van der Waals surface area contributed by atoms with Crippen molar-refractivity contribution in [1.82, 2.24) is 5.32 Å². The summed E-state index contributed by atoms with van der Waals surface area (Å²) in [6.45, 7) is 7.96. The van der Waals surface area contributed by atoms with Crippen molar-refractivity contribution in [1.29, 1.82) is 0 Å². The highest BCUT2D eigenvalue weighted by Gasteiger charge is 2.24. The SMILES string of the molecule is CCNC(c1cc(OC)cc(OC)c1)C(OCC)OCC. The van der Waals surface area contributed by atoms with Gasteiger partial charge in [0.25, 0.3) is 0 Å². The zero-order valence-electron chi connectivity index (χ0n) is 13.6. The van der Waals surface area contributed by atoms with Crippen molar-refractivity contribution in [3.63, 3.8) is 0 Å². The van der Waals surface area contributed by atoms with Crippen molar-refractivity contribution in [2.24, 2.45) is 0 Å². The van der Waals surface area contributed by atoms with Gasteiger partial charge in [-0.2, -0.15) is 0 Å². The van der Waals surface area contributed by atoms with Gasteiger partial charge in [-0.1, -0.05) is 6.92 Å². The molecule has 0 aliphatic heterocycles. The van der Waals surface area contributed by atoms with Crippen LogP contribution >= 0.6 is 0 Å². The number of ether oxygens (including phenoxy) is 4. The third-order valence-electron chi connectivity index (χ3n) is 3.09. The molecule has 0 heterocycles. The Morgan fingerprint density at radius 3 is 1.81 bits per heavy atom. The number of hydrogen-bond donors (Lipinski definition) is 1. The average Bonchev–Trinajstić information content (AvgIpc) is 2.51. The zero-order chi connectivity index (χ0) is 15.7. The van der Waals surface area contributed by atoms with Crippen LogP contribution in [0.2, 0.25) is 0 Å². The fraction of sp³-hybridized carbons (Fsp3) is 0.625. The van der Waals surface area contributed by atoms with Gasteiger partial charge in [0.1, 0.15) is 11.5 Å². The smallest absolute Gasteiger partial charge is 0.176 e. The Hall–Kier alpha value is -1.30. The predicted molar refractivity (Wildman–Crippen MR) is 83.0 cm³/mol. The lowest BCUT2D eigenvalue weighted by Crippen LogP contribution is -2.36. The third-order valence-corrected chi connectivity index (χ3v) is 3.09. The van der Waals surface area contributed by atoms with E-state index in [4.69, 9.17) is 18.9 Å². The fourth-order valence-electron chi connectivity index (χ4n) is 2.17. The number of methoxy groups -OCH3 is 2. The molecule has 0 aromatic heterocycles. The van der Waals surface area contributed by atoms with Gasteiger partial charge in [-0.15, -0.1) is 0 Å². The first-order chi connectivity index (χ1) is 10.2. The van der Waals surface area contributed by atoms with Crippen LogP contribution in [0.25, 0.3) is 0 Å². The molecule has 0 aliphatic carbocycles. The Kier molecular flexibility index (Phi) is 8.12. The zero-order valence-corrected chi connectivity index (χ0v) is 13.6. The molecule has 0 fully saturated rings. The van der Waals surface area contributed by atoms with Crippen molar-refractivity contribution < 1.29 is 18.9 Å². The summed E-state index contributed by atoms with van der Waals surface area (Å²) in [6, 6.07) is 5.71. The maximum Gasteiger partial charge on any atom is 0.176 e. The summed E-state index contributed by atoms with van der Waals surface area (Å²) in [5, 5.41) is 3.41. The summed E-state index contributed by atoms with van der Waals surface area (Å²) < 4.78 is 22.1. The molecule has 1 rings (SSSR count). The molecule has 1 N–H and O–H groups in total. The molecule has 0 aliphatic rings. The number of likely N-dealkylation sites (N-methyl/N-ethyl adjacent to an activating group) is 1. The molecule has 5 heteroatoms. The summed E-state index contributed by atoms with van der Waals surface area (Å²) in [6.07, 6.45) is -0.350. The van der Waals surface area contributed by atoms with Crippen molar-refractivity contribution in [2.45, 2.75) is 33.1 Å². The van der Waals surface area contributed by atoms with Crippen LogP contribution in [0.4, 0.5) is 0 Å². The van der Waals surface area contributed by atoms with Crippen molar-refractivity contribution in [3.05, 3.63) is 23.8 Å². The maximum absolute atomic E-state index is 5.73. The second-order valence-electron chi connectivity index (χ2n) is 4.46. The fourth-order valence-corrected chi connectivity index (χ4v) is 2.17. The quantitative estimate of drug-likeness (QED) is 0.673. The van der Waals surface area contributed by atoms with E-state index in [0.29, 0.717) is 13.2 Å². The monoisotopic (exact) mass is 297 g/mol. The molecule has 0 saturated carbocycles. The van der Waals surface area contributed by atoms with Gasteiger partial charge >= 0.3 is 0 Å². The van der Waals surface area contributed by atoms with E-state index in [1.165, 1.54) is 0 Å². The average molecular weight is 297 g/mol. The van der Waals surface area contributed by atoms with Gasteiger partial charge in [0.15, 0.2) is 6.29 Å². The number of hydrogen-bond acceptors (Lipinski definition) is 5. The molecular formula is C16H27NO4. The molecule has 1 aromatic rings. The van der Waals surface area contributed by atoms with Crippen LogP contribution in [0.1, 0.15) is 32.4 Å². The largest absolute Gasteiger partial charge is 0.497 e. The van der Waals surface area contributed by atoms with Gasteiger partial charge in [-0.25, -0.2) is 0 Å². The molecular weight excluding hydrogens is 270 g/mol. The molecule has 21 heavy (non-hydrogen) atoms. The van der Waals surface area contributed by atoms with Crippen molar-refractivity contribution in [3.8, 4) is 11.5 Å². The van der Waals surface area contributed by atoms with Crippen LogP contribution < -0.4 is 14.8 Å². The van der Waals surface area contributed by atoms with Crippen LogP contribution in [-0.2, 0) is 9.47 Å². The Bertz CT molecular complexity index is 383. The first kappa shape index (κ1) is 17.8. The molecule has 0 radical (unpaired) electrons. The van der Waals surface area contributed by atoms with Crippen LogP contribution in [0.3, 0.4) is 0 Å². The lowest BCUT2D eigenvalue weighted by atomic mass is 10.1. The molecule has 1 unspecified atom stereocenters. The highest BCUT2D eigenvalue weighted by molar-refractivity contribution is 5.40. The van der Waals surface area contributed by atoms with E-state index in [1.807, 2.05) is 32.0 Å². The third kappa shape index (κ3) is 5.19. The topological polar surface area (TPSA) is 49.0 Å². The molecule has 0 saturated heterocycles. The minimum Gasteiger partial charge on any atom is -0.497 e. The predicted octanol–water partition coefficient (Wildman–Crippen LogP) is 2.75. The van der Waals surface area contributed by atoms with E-state index < -0.39 is 0 Å². The molecule has 0 amide bonds. The van der Waals surface area contributed by atoms with Crippen molar-refractivity contribution in [2.75, 3.05) is 34.0 Å². The van der Waals surface area contributed by atoms with Crippen LogP contribution in [0, 0.1) is 0 Å². The molecule has 1 atom stereocenters. The molecule has 0 spiro atoms. The van der Waals surface area contributed by atoms with Gasteiger partial charge in [-0.05, 0) is 38.1 Å². The second kappa shape index (κ2) is 9.60. The first-order valence-corrected chi connectivity index (χ1v) is 7.39. The van der Waals surface area contributed by atoms with Crippen LogP contribution in [0.5, 0.6) is 11.5 Å². The van der Waals surface area contributed by atoms with Gasteiger partial charge < -0.3 is 24.3 Å². The lowest BCUT2D eigenvalue weighted by Gasteiger charge is -2.28. The maximum atomic E-state index is 5.73. The normalized spacial score (nSPS) is 12.5. The Labute approximate surface area is 127 Å². The number of rotatable bonds is 10. The van der Waals surface area contributed by atoms with Gasteiger partial charge in [0, 0.05) is 19.3 Å². The van der Waals surface area contributed by atoms with Gasteiger partial charge in [0.2, 0.25) is 0 Å². The van der Waals surface area contributed by atoms with Gasteiger partial charge in [0.05, 0.1) is 20.3 Å². The number of benzene rings is 1. The Morgan fingerprint density at radius 1 is 0.905 bits per heavy atom. The van der Waals surface area contributed by atoms with Crippen molar-refractivity contribution >= 4 is 0 Å². The molecule has 0 bridgehead atoms. The van der Waals surface area contributed by atoms with E-state index in [2.05, 4.69) is 12.2 Å². The summed E-state index contributed by atoms with van der Waals surface area (Å²) >= 11 is 0. The number of nitrogens with one attached hydrogen (secondary N) is 1. The standard InChI is InChI=1S/C16H27NO4/c1-6-17-15(16(20-7-2)21-8-3)12-9-13(18-4)11-14(10-12)19-5/h9-11,15-17H,6-8H2,1-5H3. The highest BCUT2D eigenvalue weighted by atomic mass is 16.7. The summed E-state index contributed by atoms with van der Waals surface area (Å²) in [5.74, 6) is 1.50. The summed E-state index contributed by atoms with van der Waals surface area (Å²) in [5.41, 5.74) is 1.01. The lowest BCUT2D eigenvalue weighted by molar-refractivity contribution is -0.155. The van der Waals surface area contributed by atoms with E-state index in [0.717, 1.165) is 23.6 Å². The van der Waals surface area contributed by atoms with Crippen LogP contribution in [0.15, 0.2) is 18.2 Å². The van der Waals surface area contributed by atoms with Crippen LogP contribution in [-0.4, -0.2) is 40.3 Å². The van der Waals surface area contributed by atoms with E-state index in [1.54, 1.807) is 14.2 Å². The summed E-state index contributed by atoms with van der Waals surface area (Å²) in [4.78, 5) is 0. The van der Waals surface area contributed by atoms with Gasteiger partial charge in [-0.3, -0.25) is 0 Å². The minimum atomic E-state index is -0.350. The minimum absolute atomic E-state index is 0.0844. The van der Waals surface area contributed by atoms with E-state index >= 15 is 0 Å². The van der Waals surface area contributed by atoms with E-state index in [9.17, 15) is 0 Å². The Morgan fingerprint density at radius 2 is 1.43 bits per heavy atom. The summed E-state index contributed by atoms with van der Waals surface area (Å²) in [7, 11) is 3.28. The molecule has 120 valence electrons. The second-order valence-corrected chi connectivity index (χ2v) is 4.46. The molecule has 5 nitrogen and oxygen atoms in total. The van der Waals surface area contributed by atoms with E-state index in [-0.39, 0.29) is 12.3 Å². The highest BCUT2D eigenvalue weighted by Crippen LogP contribution is 2.29. The molecule has 1 aromatic carbocycles.